The smallest absolute Gasteiger partial charge is 0.402 e. The van der Waals surface area contributed by atoms with E-state index < -0.39 is 49.4 Å². The van der Waals surface area contributed by atoms with E-state index in [1.165, 1.54) is 0 Å². The quantitative estimate of drug-likeness (QED) is 0.458. The van der Waals surface area contributed by atoms with Gasteiger partial charge in [0.1, 0.15) is 0 Å². The van der Waals surface area contributed by atoms with E-state index in [1.807, 2.05) is 0 Å². The standard InChI is InChI=1S/C8H3Cl2F6NO3S/c9-1-3-4(7(11,12)13)2-17-6(21(10,18)19)5(3)20-8(14,15)16/h2H,1H2. The van der Waals surface area contributed by atoms with Crippen molar-refractivity contribution < 1.29 is 39.5 Å². The number of aromatic nitrogens is 1. The molecular weight excluding hydrogens is 375 g/mol. The zero-order valence-corrected chi connectivity index (χ0v) is 11.7. The van der Waals surface area contributed by atoms with E-state index in [0.717, 1.165) is 0 Å². The molecule has 0 saturated carbocycles. The number of rotatable bonds is 3. The second-order valence-corrected chi connectivity index (χ2v) is 6.15. The molecular formula is C8H3Cl2F6NO3S. The van der Waals surface area contributed by atoms with Crippen molar-refractivity contribution in [1.82, 2.24) is 4.98 Å². The molecule has 13 heteroatoms. The van der Waals surface area contributed by atoms with Crippen LogP contribution in [-0.4, -0.2) is 19.8 Å². The molecule has 1 aromatic heterocycles. The van der Waals surface area contributed by atoms with Gasteiger partial charge in [-0.3, -0.25) is 0 Å². The van der Waals surface area contributed by atoms with Crippen LogP contribution in [0.15, 0.2) is 11.2 Å². The second kappa shape index (κ2) is 5.69. The van der Waals surface area contributed by atoms with Crippen molar-refractivity contribution in [2.45, 2.75) is 23.4 Å². The highest BCUT2D eigenvalue weighted by atomic mass is 35.7. The molecule has 0 spiro atoms. The molecule has 0 aliphatic carbocycles. The summed E-state index contributed by atoms with van der Waals surface area (Å²) in [5.74, 6) is -2.82. The fourth-order valence-corrected chi connectivity index (χ4v) is 2.44. The minimum Gasteiger partial charge on any atom is -0.402 e. The molecule has 0 aliphatic heterocycles. The molecule has 4 nitrogen and oxygen atoms in total. The van der Waals surface area contributed by atoms with Crippen LogP contribution in [0, 0.1) is 0 Å². The van der Waals surface area contributed by atoms with Gasteiger partial charge in [0.15, 0.2) is 5.75 Å². The average Bonchev–Trinajstić information content (AvgIpc) is 2.23. The lowest BCUT2D eigenvalue weighted by molar-refractivity contribution is -0.276. The van der Waals surface area contributed by atoms with E-state index in [9.17, 15) is 34.8 Å². The Morgan fingerprint density at radius 1 is 1.19 bits per heavy atom. The molecule has 0 radical (unpaired) electrons. The number of ether oxygens (including phenoxy) is 1. The molecule has 0 unspecified atom stereocenters. The number of nitrogens with zero attached hydrogens (tertiary/aromatic N) is 1. The lowest BCUT2D eigenvalue weighted by Gasteiger charge is -2.18. The molecule has 0 saturated heterocycles. The van der Waals surface area contributed by atoms with Gasteiger partial charge in [0.2, 0.25) is 5.03 Å². The molecule has 0 fully saturated rings. The van der Waals surface area contributed by atoms with Crippen LogP contribution in [0.5, 0.6) is 5.75 Å². The van der Waals surface area contributed by atoms with Gasteiger partial charge in [-0.2, -0.15) is 13.2 Å². The van der Waals surface area contributed by atoms with Crippen molar-refractivity contribution in [2.24, 2.45) is 0 Å². The average molecular weight is 378 g/mol. The molecule has 0 atom stereocenters. The first-order valence-electron chi connectivity index (χ1n) is 4.63. The van der Waals surface area contributed by atoms with Gasteiger partial charge in [-0.1, -0.05) is 0 Å². The third-order valence-corrected chi connectivity index (χ3v) is 3.45. The van der Waals surface area contributed by atoms with Gasteiger partial charge >= 0.3 is 12.5 Å². The molecule has 0 bridgehead atoms. The lowest BCUT2D eigenvalue weighted by atomic mass is 10.1. The Morgan fingerprint density at radius 2 is 1.71 bits per heavy atom. The minimum absolute atomic E-state index is 0.0101. The summed E-state index contributed by atoms with van der Waals surface area (Å²) in [7, 11) is -0.0644. The molecule has 21 heavy (non-hydrogen) atoms. The Morgan fingerprint density at radius 3 is 2.05 bits per heavy atom. The normalized spacial score (nSPS) is 13.3. The van der Waals surface area contributed by atoms with Crippen LogP contribution in [0.25, 0.3) is 0 Å². The van der Waals surface area contributed by atoms with Crippen LogP contribution in [0.4, 0.5) is 26.3 Å². The third kappa shape index (κ3) is 4.51. The van der Waals surface area contributed by atoms with Crippen LogP contribution < -0.4 is 4.74 Å². The second-order valence-electron chi connectivity index (χ2n) is 3.40. The fourth-order valence-electron chi connectivity index (χ4n) is 1.28. The van der Waals surface area contributed by atoms with Crippen LogP contribution in [-0.2, 0) is 21.1 Å². The maximum Gasteiger partial charge on any atom is 0.573 e. The summed E-state index contributed by atoms with van der Waals surface area (Å²) in [5.41, 5.74) is -2.91. The summed E-state index contributed by atoms with van der Waals surface area (Å²) < 4.78 is 100. The first-order valence-corrected chi connectivity index (χ1v) is 7.47. The van der Waals surface area contributed by atoms with Crippen molar-refractivity contribution >= 4 is 31.3 Å². The van der Waals surface area contributed by atoms with Crippen LogP contribution in [0.1, 0.15) is 11.1 Å². The number of pyridine rings is 1. The van der Waals surface area contributed by atoms with Gasteiger partial charge in [0.05, 0.1) is 11.4 Å². The predicted octanol–water partition coefficient (Wildman–Crippen LogP) is 3.67. The monoisotopic (exact) mass is 377 g/mol. The Labute approximate surface area is 123 Å². The first-order chi connectivity index (χ1) is 9.27. The minimum atomic E-state index is -5.47. The van der Waals surface area contributed by atoms with Gasteiger partial charge < -0.3 is 4.74 Å². The van der Waals surface area contributed by atoms with Crippen LogP contribution in [0.3, 0.4) is 0 Å². The topological polar surface area (TPSA) is 56.3 Å². The van der Waals surface area contributed by atoms with Gasteiger partial charge in [-0.25, -0.2) is 13.4 Å². The molecule has 0 aliphatic rings. The number of alkyl halides is 7. The van der Waals surface area contributed by atoms with Crippen molar-refractivity contribution in [3.8, 4) is 5.75 Å². The van der Waals surface area contributed by atoms with E-state index in [2.05, 4.69) is 9.72 Å². The van der Waals surface area contributed by atoms with Gasteiger partial charge in [0.25, 0.3) is 9.05 Å². The highest BCUT2D eigenvalue weighted by molar-refractivity contribution is 8.13. The van der Waals surface area contributed by atoms with Crippen molar-refractivity contribution in [3.63, 3.8) is 0 Å². The molecule has 1 rings (SSSR count). The molecule has 0 amide bonds. The SMILES string of the molecule is O=S(=O)(Cl)c1ncc(C(F)(F)F)c(CCl)c1OC(F)(F)F. The van der Waals surface area contributed by atoms with Gasteiger partial charge in [-0.15, -0.1) is 24.8 Å². The number of hydrogen-bond acceptors (Lipinski definition) is 4. The third-order valence-electron chi connectivity index (χ3n) is 1.99. The fraction of sp³-hybridized carbons (Fsp3) is 0.375. The molecule has 0 aromatic carbocycles. The van der Waals surface area contributed by atoms with Gasteiger partial charge in [0, 0.05) is 22.4 Å². The first kappa shape index (κ1) is 18.1. The van der Waals surface area contributed by atoms with Gasteiger partial charge in [-0.05, 0) is 0 Å². The van der Waals surface area contributed by atoms with E-state index in [0.29, 0.717) is 0 Å². The zero-order chi connectivity index (χ0) is 16.6. The number of halogens is 8. The summed E-state index contributed by atoms with van der Waals surface area (Å²) >= 11 is 5.18. The number of hydrogen-bond donors (Lipinski definition) is 0. The van der Waals surface area contributed by atoms with Crippen LogP contribution in [0.2, 0.25) is 0 Å². The highest BCUT2D eigenvalue weighted by Crippen LogP contribution is 2.41. The Balaban J connectivity index is 3.73. The summed E-state index contributed by atoms with van der Waals surface area (Å²) in [6, 6.07) is 0. The van der Waals surface area contributed by atoms with Crippen molar-refractivity contribution in [1.29, 1.82) is 0 Å². The van der Waals surface area contributed by atoms with E-state index in [4.69, 9.17) is 22.3 Å². The Kier molecular flexibility index (Phi) is 4.91. The maximum atomic E-state index is 12.7. The van der Waals surface area contributed by atoms with E-state index in [1.54, 1.807) is 0 Å². The predicted molar refractivity (Wildman–Crippen MR) is 58.5 cm³/mol. The van der Waals surface area contributed by atoms with Crippen molar-refractivity contribution in [3.05, 3.63) is 17.3 Å². The highest BCUT2D eigenvalue weighted by Gasteiger charge is 2.41. The van der Waals surface area contributed by atoms with Crippen LogP contribution >= 0.6 is 22.3 Å². The molecule has 1 heterocycles. The van der Waals surface area contributed by atoms with E-state index in [-0.39, 0.29) is 6.20 Å². The largest absolute Gasteiger partial charge is 0.573 e. The molecule has 0 N–H and O–H groups in total. The maximum absolute atomic E-state index is 12.7. The Bertz CT molecular complexity index is 643. The van der Waals surface area contributed by atoms with E-state index >= 15 is 0 Å². The summed E-state index contributed by atoms with van der Waals surface area (Å²) in [6.45, 7) is 0. The zero-order valence-electron chi connectivity index (χ0n) is 9.39. The summed E-state index contributed by atoms with van der Waals surface area (Å²) in [6.07, 6.45) is -10.6. The summed E-state index contributed by atoms with van der Waals surface area (Å²) in [4.78, 5) is 2.79. The lowest BCUT2D eigenvalue weighted by Crippen LogP contribution is -2.22. The Hall–Kier alpha value is -0.940. The molecule has 1 aromatic rings. The molecule has 120 valence electrons. The van der Waals surface area contributed by atoms with Crippen molar-refractivity contribution in [2.75, 3.05) is 0 Å². The summed E-state index contributed by atoms with van der Waals surface area (Å²) in [5, 5.41) is -1.51.